The molecule has 0 bridgehead atoms. The normalized spacial score (nSPS) is 19.1. The number of anilines is 2. The van der Waals surface area contributed by atoms with Crippen LogP contribution >= 0.6 is 0 Å². The molecule has 1 amide bonds. The van der Waals surface area contributed by atoms with Gasteiger partial charge in [-0.25, -0.2) is 4.39 Å². The summed E-state index contributed by atoms with van der Waals surface area (Å²) in [4.78, 5) is 29.3. The number of rotatable bonds is 3. The van der Waals surface area contributed by atoms with Gasteiger partial charge in [0.1, 0.15) is 5.82 Å². The van der Waals surface area contributed by atoms with Crippen LogP contribution in [0.5, 0.6) is 0 Å². The highest BCUT2D eigenvalue weighted by Crippen LogP contribution is 2.48. The number of hydrogen-bond acceptors (Lipinski definition) is 3. The van der Waals surface area contributed by atoms with Crippen molar-refractivity contribution >= 4 is 23.1 Å². The van der Waals surface area contributed by atoms with Crippen LogP contribution in [0.15, 0.2) is 90.1 Å². The first-order valence-corrected chi connectivity index (χ1v) is 11.6. The number of benzene rings is 3. The van der Waals surface area contributed by atoms with E-state index in [2.05, 4.69) is 19.2 Å². The lowest BCUT2D eigenvalue weighted by molar-refractivity contribution is -0.119. The molecule has 0 radical (unpaired) electrons. The molecule has 0 saturated heterocycles. The van der Waals surface area contributed by atoms with Gasteiger partial charge in [-0.1, -0.05) is 68.4 Å². The Morgan fingerprint density at radius 2 is 1.65 bits per heavy atom. The van der Waals surface area contributed by atoms with Gasteiger partial charge in [0, 0.05) is 17.7 Å². The lowest BCUT2D eigenvalue weighted by Gasteiger charge is -2.37. The molecular formula is C29H27FN2O2. The molecule has 0 unspecified atom stereocenters. The number of para-hydroxylation sites is 2. The van der Waals surface area contributed by atoms with Gasteiger partial charge >= 0.3 is 0 Å². The molecule has 172 valence electrons. The van der Waals surface area contributed by atoms with Gasteiger partial charge in [-0.05, 0) is 47.2 Å². The maximum absolute atomic E-state index is 13.9. The molecule has 3 aromatic rings. The number of fused-ring (bicyclic) bond motifs is 1. The minimum Gasteiger partial charge on any atom is -0.357 e. The van der Waals surface area contributed by atoms with Crippen LogP contribution < -0.4 is 10.2 Å². The molecule has 2 aliphatic rings. The molecule has 5 rings (SSSR count). The van der Waals surface area contributed by atoms with Crippen molar-refractivity contribution in [3.05, 3.63) is 107 Å². The first-order chi connectivity index (χ1) is 16.3. The van der Waals surface area contributed by atoms with E-state index in [1.807, 2.05) is 54.6 Å². The summed E-state index contributed by atoms with van der Waals surface area (Å²) >= 11 is 0. The van der Waals surface area contributed by atoms with Gasteiger partial charge in [0.05, 0.1) is 23.8 Å². The Hall–Kier alpha value is -3.73. The fraction of sp³-hybridized carbons (Fsp3) is 0.241. The molecule has 3 aromatic carbocycles. The topological polar surface area (TPSA) is 49.4 Å². The summed E-state index contributed by atoms with van der Waals surface area (Å²) in [6, 6.07) is 22.7. The van der Waals surface area contributed by atoms with E-state index in [9.17, 15) is 14.0 Å². The second kappa shape index (κ2) is 8.56. The SMILES string of the molecule is CC1(C)CC(=O)C2=C(C1)Nc1ccccc1N(C(=O)Cc1ccccc1)[C@H]2c1ccc(F)cc1. The largest absolute Gasteiger partial charge is 0.357 e. The fourth-order valence-corrected chi connectivity index (χ4v) is 5.08. The van der Waals surface area contributed by atoms with E-state index in [1.165, 1.54) is 12.1 Å². The quantitative estimate of drug-likeness (QED) is 0.512. The molecule has 0 aromatic heterocycles. The predicted octanol–water partition coefficient (Wildman–Crippen LogP) is 6.21. The van der Waals surface area contributed by atoms with E-state index in [4.69, 9.17) is 0 Å². The van der Waals surface area contributed by atoms with Crippen LogP contribution in [0.2, 0.25) is 0 Å². The van der Waals surface area contributed by atoms with Crippen LogP contribution in [0.1, 0.15) is 43.9 Å². The number of ketones is 1. The number of halogens is 1. The van der Waals surface area contributed by atoms with Crippen LogP contribution in [0.4, 0.5) is 15.8 Å². The summed E-state index contributed by atoms with van der Waals surface area (Å²) in [5, 5.41) is 3.50. The van der Waals surface area contributed by atoms with Gasteiger partial charge in [0.2, 0.25) is 5.91 Å². The number of nitrogens with zero attached hydrogens (tertiary/aromatic N) is 1. The van der Waals surface area contributed by atoms with Crippen LogP contribution in [0.3, 0.4) is 0 Å². The summed E-state index contributed by atoms with van der Waals surface area (Å²) < 4.78 is 13.9. The van der Waals surface area contributed by atoms with Gasteiger partial charge in [-0.3, -0.25) is 14.5 Å². The monoisotopic (exact) mass is 454 g/mol. The third-order valence-electron chi connectivity index (χ3n) is 6.55. The first kappa shape index (κ1) is 22.1. The molecule has 34 heavy (non-hydrogen) atoms. The molecular weight excluding hydrogens is 427 g/mol. The maximum atomic E-state index is 13.9. The molecule has 0 fully saturated rings. The van der Waals surface area contributed by atoms with Crippen molar-refractivity contribution in [3.63, 3.8) is 0 Å². The number of nitrogens with one attached hydrogen (secondary N) is 1. The van der Waals surface area contributed by atoms with Crippen LogP contribution in [0, 0.1) is 11.2 Å². The van der Waals surface area contributed by atoms with Crippen LogP contribution in [-0.2, 0) is 16.0 Å². The number of carbonyl (C=O) groups is 2. The smallest absolute Gasteiger partial charge is 0.232 e. The standard InChI is InChI=1S/C29H27FN2O2/c1-29(2)17-23-27(25(33)18-29)28(20-12-14-21(30)15-13-20)32(24-11-7-6-10-22(24)31-23)26(34)16-19-8-4-3-5-9-19/h3-15,28,31H,16-18H2,1-2H3/t28-/m0/s1. The summed E-state index contributed by atoms with van der Waals surface area (Å²) in [5.41, 5.74) is 4.31. The average Bonchev–Trinajstić information content (AvgIpc) is 2.94. The molecule has 0 spiro atoms. The van der Waals surface area contributed by atoms with Gasteiger partial charge in [0.15, 0.2) is 5.78 Å². The molecule has 1 atom stereocenters. The summed E-state index contributed by atoms with van der Waals surface area (Å²) in [6.45, 7) is 4.16. The van der Waals surface area contributed by atoms with Crippen molar-refractivity contribution in [2.45, 2.75) is 39.2 Å². The molecule has 1 N–H and O–H groups in total. The van der Waals surface area contributed by atoms with E-state index in [0.717, 1.165) is 16.9 Å². The Kier molecular flexibility index (Phi) is 5.56. The van der Waals surface area contributed by atoms with Gasteiger partial charge in [-0.15, -0.1) is 0 Å². The van der Waals surface area contributed by atoms with Crippen LogP contribution in [0.25, 0.3) is 0 Å². The van der Waals surface area contributed by atoms with Crippen molar-refractivity contribution in [1.29, 1.82) is 0 Å². The summed E-state index contributed by atoms with van der Waals surface area (Å²) in [7, 11) is 0. The van der Waals surface area contributed by atoms with Gasteiger partial charge in [0.25, 0.3) is 0 Å². The second-order valence-electron chi connectivity index (χ2n) is 9.86. The van der Waals surface area contributed by atoms with E-state index in [-0.39, 0.29) is 29.3 Å². The highest BCUT2D eigenvalue weighted by Gasteiger charge is 2.43. The summed E-state index contributed by atoms with van der Waals surface area (Å²) in [6.07, 6.45) is 1.26. The number of allylic oxidation sites excluding steroid dienone is 1. The Balaban J connectivity index is 1.72. The van der Waals surface area contributed by atoms with E-state index in [1.54, 1.807) is 17.0 Å². The lowest BCUT2D eigenvalue weighted by Crippen LogP contribution is -2.40. The second-order valence-corrected chi connectivity index (χ2v) is 9.86. The molecule has 5 heteroatoms. The number of carbonyl (C=O) groups excluding carboxylic acids is 2. The zero-order valence-corrected chi connectivity index (χ0v) is 19.3. The van der Waals surface area contributed by atoms with Crippen molar-refractivity contribution in [3.8, 4) is 0 Å². The first-order valence-electron chi connectivity index (χ1n) is 11.6. The Morgan fingerprint density at radius 1 is 0.971 bits per heavy atom. The third-order valence-corrected chi connectivity index (χ3v) is 6.55. The molecule has 1 heterocycles. The van der Waals surface area contributed by atoms with Crippen molar-refractivity contribution in [1.82, 2.24) is 0 Å². The average molecular weight is 455 g/mol. The number of Topliss-reactive ketones (excluding diaryl/α,β-unsaturated/α-hetero) is 1. The highest BCUT2D eigenvalue weighted by molar-refractivity contribution is 6.06. The number of hydrogen-bond donors (Lipinski definition) is 1. The Morgan fingerprint density at radius 3 is 2.38 bits per heavy atom. The van der Waals surface area contributed by atoms with Gasteiger partial charge in [-0.2, -0.15) is 0 Å². The van der Waals surface area contributed by atoms with Crippen LogP contribution in [-0.4, -0.2) is 11.7 Å². The van der Waals surface area contributed by atoms with E-state index < -0.39 is 6.04 Å². The third kappa shape index (κ3) is 4.14. The zero-order valence-electron chi connectivity index (χ0n) is 19.3. The fourth-order valence-electron chi connectivity index (χ4n) is 5.08. The number of amides is 1. The van der Waals surface area contributed by atoms with Crippen molar-refractivity contribution in [2.75, 3.05) is 10.2 Å². The summed E-state index contributed by atoms with van der Waals surface area (Å²) in [5.74, 6) is -0.470. The van der Waals surface area contributed by atoms with Crippen molar-refractivity contribution in [2.24, 2.45) is 5.41 Å². The zero-order chi connectivity index (χ0) is 23.9. The predicted molar refractivity (Wildman–Crippen MR) is 132 cm³/mol. The maximum Gasteiger partial charge on any atom is 0.232 e. The van der Waals surface area contributed by atoms with E-state index in [0.29, 0.717) is 29.7 Å². The minimum atomic E-state index is -0.647. The molecule has 0 saturated carbocycles. The van der Waals surface area contributed by atoms with Gasteiger partial charge < -0.3 is 5.32 Å². The molecule has 1 aliphatic carbocycles. The van der Waals surface area contributed by atoms with Crippen molar-refractivity contribution < 1.29 is 14.0 Å². The Bertz CT molecular complexity index is 1280. The van der Waals surface area contributed by atoms with E-state index >= 15 is 0 Å². The molecule has 1 aliphatic heterocycles. The lowest BCUT2D eigenvalue weighted by atomic mass is 9.73. The Labute approximate surface area is 199 Å². The minimum absolute atomic E-state index is 0.0124. The molecule has 4 nitrogen and oxygen atoms in total. The highest BCUT2D eigenvalue weighted by atomic mass is 19.1.